The van der Waals surface area contributed by atoms with Gasteiger partial charge in [0.15, 0.2) is 5.78 Å². The first-order valence-corrected chi connectivity index (χ1v) is 5.64. The second kappa shape index (κ2) is 4.22. The van der Waals surface area contributed by atoms with Gasteiger partial charge >= 0.3 is 0 Å². The van der Waals surface area contributed by atoms with Crippen LogP contribution in [0.4, 0.5) is 4.39 Å². The molecule has 1 aromatic carbocycles. The van der Waals surface area contributed by atoms with Crippen LogP contribution in [0.5, 0.6) is 5.75 Å². The molecule has 0 radical (unpaired) electrons. The van der Waals surface area contributed by atoms with Crippen LogP contribution in [0, 0.1) is 5.82 Å². The van der Waals surface area contributed by atoms with Crippen molar-refractivity contribution >= 4 is 5.78 Å². The van der Waals surface area contributed by atoms with Crippen molar-refractivity contribution in [3.63, 3.8) is 0 Å². The van der Waals surface area contributed by atoms with E-state index in [1.54, 1.807) is 12.3 Å². The summed E-state index contributed by atoms with van der Waals surface area (Å²) in [7, 11) is 0. The molecule has 1 unspecified atom stereocenters. The Balaban J connectivity index is 1.97. The zero-order valence-corrected chi connectivity index (χ0v) is 9.47. The number of hydrogen-bond acceptors (Lipinski definition) is 3. The van der Waals surface area contributed by atoms with Crippen LogP contribution in [-0.2, 0) is 0 Å². The summed E-state index contributed by atoms with van der Waals surface area (Å²) in [6.07, 6.45) is 1.45. The summed E-state index contributed by atoms with van der Waals surface area (Å²) < 4.78 is 18.8. The van der Waals surface area contributed by atoms with Crippen LogP contribution in [0.15, 0.2) is 42.6 Å². The fraction of sp³-hybridized carbons (Fsp3) is 0.143. The smallest absolute Gasteiger partial charge is 0.170 e. The van der Waals surface area contributed by atoms with E-state index in [1.165, 1.54) is 18.2 Å². The van der Waals surface area contributed by atoms with Gasteiger partial charge in [0.05, 0.1) is 17.7 Å². The van der Waals surface area contributed by atoms with Crippen LogP contribution < -0.4 is 4.74 Å². The first-order valence-electron chi connectivity index (χ1n) is 5.64. The van der Waals surface area contributed by atoms with Crippen LogP contribution in [0.2, 0.25) is 0 Å². The molecule has 1 aliphatic heterocycles. The lowest BCUT2D eigenvalue weighted by Gasteiger charge is -2.24. The fourth-order valence-corrected chi connectivity index (χ4v) is 2.03. The first-order chi connectivity index (χ1) is 8.74. The van der Waals surface area contributed by atoms with Crippen LogP contribution in [-0.4, -0.2) is 10.8 Å². The Labute approximate surface area is 103 Å². The normalized spacial score (nSPS) is 18.1. The van der Waals surface area contributed by atoms with Gasteiger partial charge in [0, 0.05) is 6.20 Å². The molecule has 0 fully saturated rings. The number of hydrogen-bond donors (Lipinski definition) is 0. The van der Waals surface area contributed by atoms with E-state index in [2.05, 4.69) is 4.98 Å². The number of Topliss-reactive ketones (excluding diaryl/α,β-unsaturated/α-hetero) is 1. The number of nitrogens with zero attached hydrogens (tertiary/aromatic N) is 1. The summed E-state index contributed by atoms with van der Waals surface area (Å²) in [5.41, 5.74) is 1.02. The summed E-state index contributed by atoms with van der Waals surface area (Å²) in [4.78, 5) is 16.1. The Morgan fingerprint density at radius 2 is 2.17 bits per heavy atom. The van der Waals surface area contributed by atoms with E-state index in [-0.39, 0.29) is 12.2 Å². The third kappa shape index (κ3) is 1.86. The highest BCUT2D eigenvalue weighted by atomic mass is 19.1. The van der Waals surface area contributed by atoms with Crippen LogP contribution >= 0.6 is 0 Å². The molecule has 2 aromatic rings. The van der Waals surface area contributed by atoms with Gasteiger partial charge in [0.25, 0.3) is 0 Å². The average molecular weight is 243 g/mol. The average Bonchev–Trinajstić information content (AvgIpc) is 2.40. The van der Waals surface area contributed by atoms with E-state index in [1.807, 2.05) is 12.1 Å². The molecule has 0 bridgehead atoms. The van der Waals surface area contributed by atoms with Crippen LogP contribution in [0.3, 0.4) is 0 Å². The van der Waals surface area contributed by atoms with Crippen LogP contribution in [0.25, 0.3) is 0 Å². The van der Waals surface area contributed by atoms with E-state index in [4.69, 9.17) is 4.74 Å². The number of aromatic nitrogens is 1. The van der Waals surface area contributed by atoms with Gasteiger partial charge in [-0.2, -0.15) is 0 Å². The summed E-state index contributed by atoms with van der Waals surface area (Å²) in [6.45, 7) is 0. The van der Waals surface area contributed by atoms with Crippen molar-refractivity contribution in [3.05, 3.63) is 59.7 Å². The molecule has 0 saturated carbocycles. The number of rotatable bonds is 1. The molecule has 4 heteroatoms. The van der Waals surface area contributed by atoms with Crippen molar-refractivity contribution in [1.82, 2.24) is 4.98 Å². The predicted molar refractivity (Wildman–Crippen MR) is 63.0 cm³/mol. The van der Waals surface area contributed by atoms with Gasteiger partial charge in [-0.25, -0.2) is 4.39 Å². The van der Waals surface area contributed by atoms with Crippen molar-refractivity contribution in [2.24, 2.45) is 0 Å². The molecule has 90 valence electrons. The highest BCUT2D eigenvalue weighted by molar-refractivity contribution is 5.99. The molecule has 18 heavy (non-hydrogen) atoms. The molecule has 0 saturated heterocycles. The molecular weight excluding hydrogens is 233 g/mol. The van der Waals surface area contributed by atoms with E-state index in [0.29, 0.717) is 17.0 Å². The fourth-order valence-electron chi connectivity index (χ4n) is 2.03. The number of carbonyl (C=O) groups excluding carboxylic acids is 1. The number of fused-ring (bicyclic) bond motifs is 1. The van der Waals surface area contributed by atoms with Gasteiger partial charge < -0.3 is 4.74 Å². The first kappa shape index (κ1) is 10.9. The van der Waals surface area contributed by atoms with Crippen molar-refractivity contribution in [3.8, 4) is 5.75 Å². The third-order valence-electron chi connectivity index (χ3n) is 2.90. The summed E-state index contributed by atoms with van der Waals surface area (Å²) in [6, 6.07) is 9.44. The number of ether oxygens (including phenoxy) is 1. The SMILES string of the molecule is O=C1CC(c2ccccn2)Oc2ccc(F)cc21. The molecule has 1 aliphatic rings. The van der Waals surface area contributed by atoms with E-state index >= 15 is 0 Å². The summed E-state index contributed by atoms with van der Waals surface area (Å²) in [5.74, 6) is -0.128. The zero-order valence-electron chi connectivity index (χ0n) is 9.47. The summed E-state index contributed by atoms with van der Waals surface area (Å²) >= 11 is 0. The molecule has 0 aliphatic carbocycles. The minimum Gasteiger partial charge on any atom is -0.483 e. The highest BCUT2D eigenvalue weighted by Crippen LogP contribution is 2.34. The van der Waals surface area contributed by atoms with Crippen molar-refractivity contribution in [1.29, 1.82) is 0 Å². The standard InChI is InChI=1S/C14H10FNO2/c15-9-4-5-13-10(7-9)12(17)8-14(18-13)11-3-1-2-6-16-11/h1-7,14H,8H2. The van der Waals surface area contributed by atoms with Gasteiger partial charge in [0.1, 0.15) is 17.7 Å². The van der Waals surface area contributed by atoms with Crippen molar-refractivity contribution in [2.45, 2.75) is 12.5 Å². The third-order valence-corrected chi connectivity index (χ3v) is 2.90. The molecule has 0 spiro atoms. The molecule has 0 N–H and O–H groups in total. The number of benzene rings is 1. The maximum Gasteiger partial charge on any atom is 0.170 e. The Morgan fingerprint density at radius 1 is 1.28 bits per heavy atom. The van der Waals surface area contributed by atoms with Gasteiger partial charge in [-0.3, -0.25) is 9.78 Å². The molecule has 0 amide bonds. The topological polar surface area (TPSA) is 39.2 Å². The maximum absolute atomic E-state index is 13.1. The molecule has 3 rings (SSSR count). The molecule has 1 atom stereocenters. The maximum atomic E-state index is 13.1. The molecule has 3 nitrogen and oxygen atoms in total. The van der Waals surface area contributed by atoms with Gasteiger partial charge in [-0.05, 0) is 30.3 Å². The summed E-state index contributed by atoms with van der Waals surface area (Å²) in [5, 5.41) is 0. The molecule has 1 aromatic heterocycles. The number of carbonyl (C=O) groups is 1. The van der Waals surface area contributed by atoms with Crippen LogP contribution in [0.1, 0.15) is 28.6 Å². The minimum atomic E-state index is -0.429. The number of halogens is 1. The lowest BCUT2D eigenvalue weighted by molar-refractivity contribution is 0.0843. The van der Waals surface area contributed by atoms with E-state index in [0.717, 1.165) is 0 Å². The Kier molecular flexibility index (Phi) is 2.55. The number of pyridine rings is 1. The van der Waals surface area contributed by atoms with Gasteiger partial charge in [-0.15, -0.1) is 0 Å². The van der Waals surface area contributed by atoms with Gasteiger partial charge in [0.2, 0.25) is 0 Å². The van der Waals surface area contributed by atoms with E-state index in [9.17, 15) is 9.18 Å². The lowest BCUT2D eigenvalue weighted by Crippen LogP contribution is -2.21. The Hall–Kier alpha value is -2.23. The second-order valence-corrected chi connectivity index (χ2v) is 4.13. The number of ketones is 1. The largest absolute Gasteiger partial charge is 0.483 e. The molecular formula is C14H10FNO2. The monoisotopic (exact) mass is 243 g/mol. The predicted octanol–water partition coefficient (Wildman–Crippen LogP) is 2.93. The molecule has 2 heterocycles. The van der Waals surface area contributed by atoms with E-state index < -0.39 is 11.9 Å². The Bertz CT molecular complexity index is 598. The van der Waals surface area contributed by atoms with Crippen molar-refractivity contribution in [2.75, 3.05) is 0 Å². The zero-order chi connectivity index (χ0) is 12.5. The lowest BCUT2D eigenvalue weighted by atomic mass is 9.99. The second-order valence-electron chi connectivity index (χ2n) is 4.13. The minimum absolute atomic E-state index is 0.119. The van der Waals surface area contributed by atoms with Crippen molar-refractivity contribution < 1.29 is 13.9 Å². The highest BCUT2D eigenvalue weighted by Gasteiger charge is 2.28. The Morgan fingerprint density at radius 3 is 2.94 bits per heavy atom. The van der Waals surface area contributed by atoms with Gasteiger partial charge in [-0.1, -0.05) is 6.07 Å². The quantitative estimate of drug-likeness (QED) is 0.773.